The maximum atomic E-state index is 5.71. The lowest BCUT2D eigenvalue weighted by atomic mass is 10.3. The van der Waals surface area contributed by atoms with Gasteiger partial charge in [-0.15, -0.1) is 0 Å². The van der Waals surface area contributed by atoms with Crippen LogP contribution in [0.3, 0.4) is 0 Å². The first kappa shape index (κ1) is 19.9. The van der Waals surface area contributed by atoms with E-state index in [-0.39, 0.29) is 0 Å². The van der Waals surface area contributed by atoms with Crippen LogP contribution in [-0.4, -0.2) is 66.6 Å². The molecule has 0 fully saturated rings. The van der Waals surface area contributed by atoms with E-state index in [2.05, 4.69) is 24.9 Å². The van der Waals surface area contributed by atoms with Crippen molar-refractivity contribution in [1.82, 2.24) is 14.9 Å². The molecule has 138 valence electrons. The van der Waals surface area contributed by atoms with Crippen molar-refractivity contribution in [3.8, 4) is 0 Å². The Labute approximate surface area is 155 Å². The lowest BCUT2D eigenvalue weighted by Crippen LogP contribution is -2.33. The Morgan fingerprint density at radius 2 is 1.35 bits per heavy atom. The van der Waals surface area contributed by atoms with E-state index in [9.17, 15) is 0 Å². The van der Waals surface area contributed by atoms with E-state index in [0.717, 1.165) is 55.5 Å². The van der Waals surface area contributed by atoms with Crippen LogP contribution in [0.2, 0.25) is 0 Å². The highest BCUT2D eigenvalue weighted by atomic mass is 15.1. The molecular formula is C20H28N6. The molecule has 26 heavy (non-hydrogen) atoms. The average molecular weight is 352 g/mol. The summed E-state index contributed by atoms with van der Waals surface area (Å²) in [4.78, 5) is 20.1. The van der Waals surface area contributed by atoms with Gasteiger partial charge in [-0.3, -0.25) is 24.9 Å². The predicted octanol–water partition coefficient (Wildman–Crippen LogP) is 1.89. The van der Waals surface area contributed by atoms with Gasteiger partial charge in [-0.1, -0.05) is 12.1 Å². The molecule has 0 atom stereocenters. The van der Waals surface area contributed by atoms with Gasteiger partial charge in [0, 0.05) is 50.0 Å². The normalized spacial score (nSPS) is 11.8. The summed E-state index contributed by atoms with van der Waals surface area (Å²) in [6, 6.07) is 11.9. The van der Waals surface area contributed by atoms with E-state index in [1.54, 1.807) is 0 Å². The SMILES string of the molecule is Cc1cccc(C=NCCN(CCN)CCN=Cc2cccc(C)n2)n1. The van der Waals surface area contributed by atoms with E-state index in [1.807, 2.05) is 62.7 Å². The molecule has 6 nitrogen and oxygen atoms in total. The average Bonchev–Trinajstić information content (AvgIpc) is 2.62. The van der Waals surface area contributed by atoms with Crippen LogP contribution in [-0.2, 0) is 0 Å². The number of hydrogen-bond donors (Lipinski definition) is 1. The second-order valence-electron chi connectivity index (χ2n) is 6.11. The molecule has 0 aromatic carbocycles. The number of rotatable bonds is 10. The summed E-state index contributed by atoms with van der Waals surface area (Å²) in [6.45, 7) is 8.59. The van der Waals surface area contributed by atoms with Crippen molar-refractivity contribution < 1.29 is 0 Å². The van der Waals surface area contributed by atoms with E-state index >= 15 is 0 Å². The van der Waals surface area contributed by atoms with Gasteiger partial charge in [-0.25, -0.2) is 0 Å². The topological polar surface area (TPSA) is 79.8 Å². The van der Waals surface area contributed by atoms with Crippen molar-refractivity contribution in [2.75, 3.05) is 39.3 Å². The van der Waals surface area contributed by atoms with Crippen LogP contribution >= 0.6 is 0 Å². The summed E-state index contributed by atoms with van der Waals surface area (Å²) in [6.07, 6.45) is 3.66. The van der Waals surface area contributed by atoms with Crippen LogP contribution in [0.5, 0.6) is 0 Å². The summed E-state index contributed by atoms with van der Waals surface area (Å²) in [7, 11) is 0. The van der Waals surface area contributed by atoms with Gasteiger partial charge in [0.15, 0.2) is 0 Å². The highest BCUT2D eigenvalue weighted by Gasteiger charge is 2.02. The monoisotopic (exact) mass is 352 g/mol. The third kappa shape index (κ3) is 7.63. The lowest BCUT2D eigenvalue weighted by Gasteiger charge is -2.19. The fourth-order valence-corrected chi connectivity index (χ4v) is 2.50. The van der Waals surface area contributed by atoms with Crippen molar-refractivity contribution in [2.24, 2.45) is 15.7 Å². The molecule has 6 heteroatoms. The smallest absolute Gasteiger partial charge is 0.0811 e. The fraction of sp³-hybridized carbons (Fsp3) is 0.400. The highest BCUT2D eigenvalue weighted by molar-refractivity contribution is 5.77. The Hall–Kier alpha value is -2.44. The van der Waals surface area contributed by atoms with Crippen LogP contribution in [0.25, 0.3) is 0 Å². The van der Waals surface area contributed by atoms with Gasteiger partial charge in [0.1, 0.15) is 0 Å². The van der Waals surface area contributed by atoms with Crippen molar-refractivity contribution in [3.05, 3.63) is 59.2 Å². The number of aryl methyl sites for hydroxylation is 2. The molecular weight excluding hydrogens is 324 g/mol. The second-order valence-corrected chi connectivity index (χ2v) is 6.11. The first-order chi connectivity index (χ1) is 12.7. The first-order valence-electron chi connectivity index (χ1n) is 8.97. The number of pyridine rings is 2. The van der Waals surface area contributed by atoms with Crippen molar-refractivity contribution in [2.45, 2.75) is 13.8 Å². The summed E-state index contributed by atoms with van der Waals surface area (Å²) < 4.78 is 0. The predicted molar refractivity (Wildman–Crippen MR) is 108 cm³/mol. The van der Waals surface area contributed by atoms with Crippen molar-refractivity contribution in [1.29, 1.82) is 0 Å². The Balaban J connectivity index is 1.75. The van der Waals surface area contributed by atoms with Crippen LogP contribution in [0.1, 0.15) is 22.8 Å². The molecule has 0 saturated heterocycles. The lowest BCUT2D eigenvalue weighted by molar-refractivity contribution is 0.298. The van der Waals surface area contributed by atoms with Gasteiger partial charge in [0.2, 0.25) is 0 Å². The second kappa shape index (κ2) is 11.2. The van der Waals surface area contributed by atoms with Crippen molar-refractivity contribution >= 4 is 12.4 Å². The van der Waals surface area contributed by atoms with Gasteiger partial charge < -0.3 is 5.73 Å². The standard InChI is InChI=1S/C20H28N6/c1-17-5-3-7-19(24-17)15-22-10-13-26(12-9-21)14-11-23-16-20-8-4-6-18(2)25-20/h3-8,15-16H,9-14,21H2,1-2H3. The third-order valence-corrected chi connectivity index (χ3v) is 3.80. The molecule has 0 aliphatic rings. The third-order valence-electron chi connectivity index (χ3n) is 3.80. The summed E-state index contributed by atoms with van der Waals surface area (Å²) in [5, 5.41) is 0. The number of hydrogen-bond acceptors (Lipinski definition) is 6. The summed E-state index contributed by atoms with van der Waals surface area (Å²) in [5.74, 6) is 0. The molecule has 0 unspecified atom stereocenters. The van der Waals surface area contributed by atoms with Crippen LogP contribution < -0.4 is 5.73 Å². The zero-order chi connectivity index (χ0) is 18.6. The molecule has 0 bridgehead atoms. The zero-order valence-corrected chi connectivity index (χ0v) is 15.7. The Morgan fingerprint density at radius 3 is 1.77 bits per heavy atom. The Morgan fingerprint density at radius 1 is 0.846 bits per heavy atom. The molecule has 2 aromatic heterocycles. The quantitative estimate of drug-likeness (QED) is 0.662. The number of nitrogens with two attached hydrogens (primary N) is 1. The van der Waals surface area contributed by atoms with Crippen LogP contribution in [0.4, 0.5) is 0 Å². The number of aliphatic imine (C=N–C) groups is 2. The van der Waals surface area contributed by atoms with E-state index in [1.165, 1.54) is 0 Å². The molecule has 0 radical (unpaired) electrons. The molecule has 2 aromatic rings. The van der Waals surface area contributed by atoms with Gasteiger partial charge >= 0.3 is 0 Å². The Bertz CT molecular complexity index is 666. The van der Waals surface area contributed by atoms with Crippen LogP contribution in [0, 0.1) is 13.8 Å². The maximum absolute atomic E-state index is 5.71. The van der Waals surface area contributed by atoms with Crippen molar-refractivity contribution in [3.63, 3.8) is 0 Å². The molecule has 0 saturated carbocycles. The van der Waals surface area contributed by atoms with Gasteiger partial charge in [-0.05, 0) is 38.1 Å². The minimum atomic E-state index is 0.631. The molecule has 2 heterocycles. The number of aromatic nitrogens is 2. The summed E-state index contributed by atoms with van der Waals surface area (Å²) in [5.41, 5.74) is 9.50. The molecule has 2 rings (SSSR count). The van der Waals surface area contributed by atoms with Crippen LogP contribution in [0.15, 0.2) is 46.4 Å². The Kier molecular flexibility index (Phi) is 8.59. The number of nitrogens with zero attached hydrogens (tertiary/aromatic N) is 5. The fourth-order valence-electron chi connectivity index (χ4n) is 2.50. The minimum Gasteiger partial charge on any atom is -0.329 e. The first-order valence-corrected chi connectivity index (χ1v) is 8.97. The van der Waals surface area contributed by atoms with Gasteiger partial charge in [0.25, 0.3) is 0 Å². The summed E-state index contributed by atoms with van der Waals surface area (Å²) >= 11 is 0. The molecule has 0 aliphatic carbocycles. The zero-order valence-electron chi connectivity index (χ0n) is 15.7. The van der Waals surface area contributed by atoms with E-state index in [4.69, 9.17) is 5.73 Å². The molecule has 0 amide bonds. The van der Waals surface area contributed by atoms with E-state index < -0.39 is 0 Å². The maximum Gasteiger partial charge on any atom is 0.0811 e. The molecule has 0 aliphatic heterocycles. The van der Waals surface area contributed by atoms with E-state index in [0.29, 0.717) is 6.54 Å². The molecule has 2 N–H and O–H groups in total. The van der Waals surface area contributed by atoms with Gasteiger partial charge in [0.05, 0.1) is 24.5 Å². The van der Waals surface area contributed by atoms with Gasteiger partial charge in [-0.2, -0.15) is 0 Å². The minimum absolute atomic E-state index is 0.631. The molecule has 0 spiro atoms. The highest BCUT2D eigenvalue weighted by Crippen LogP contribution is 1.96. The largest absolute Gasteiger partial charge is 0.329 e.